The molecule has 2 aromatic rings. The quantitative estimate of drug-likeness (QED) is 0.752. The molecule has 0 unspecified atom stereocenters. The number of nitrogens with zero attached hydrogens (tertiary/aromatic N) is 2. The van der Waals surface area contributed by atoms with Crippen LogP contribution in [-0.2, 0) is 6.54 Å². The number of hydrogen-bond donors (Lipinski definition) is 1. The van der Waals surface area contributed by atoms with Crippen LogP contribution in [0.3, 0.4) is 0 Å². The van der Waals surface area contributed by atoms with Gasteiger partial charge in [-0.05, 0) is 49.8 Å². The Bertz CT molecular complexity index is 946. The summed E-state index contributed by atoms with van der Waals surface area (Å²) in [5.41, 5.74) is 0.806. The molecule has 158 valence electrons. The number of amides is 2. The van der Waals surface area contributed by atoms with Gasteiger partial charge >= 0.3 is 0 Å². The lowest BCUT2D eigenvalue weighted by Gasteiger charge is -2.28. The molecule has 1 aliphatic heterocycles. The summed E-state index contributed by atoms with van der Waals surface area (Å²) < 4.78 is 16.2. The SMILES string of the molecule is O=C(NCC1CC1)c1cc(CN(C(=O)c2ccc3c(c2)OCO3)C2CCCC2)on1. The Hall–Kier alpha value is -3.03. The van der Waals surface area contributed by atoms with Crippen molar-refractivity contribution in [3.63, 3.8) is 0 Å². The number of aromatic nitrogens is 1. The Morgan fingerprint density at radius 3 is 2.67 bits per heavy atom. The van der Waals surface area contributed by atoms with E-state index in [0.717, 1.165) is 25.7 Å². The van der Waals surface area contributed by atoms with Crippen molar-refractivity contribution in [2.75, 3.05) is 13.3 Å². The number of hydrogen-bond acceptors (Lipinski definition) is 6. The second kappa shape index (κ2) is 8.01. The monoisotopic (exact) mass is 411 g/mol. The number of fused-ring (bicyclic) bond motifs is 1. The first kappa shape index (κ1) is 19.0. The van der Waals surface area contributed by atoms with Crippen molar-refractivity contribution in [2.24, 2.45) is 5.92 Å². The number of benzene rings is 1. The highest BCUT2D eigenvalue weighted by Gasteiger charge is 2.30. The zero-order valence-corrected chi connectivity index (χ0v) is 16.8. The van der Waals surface area contributed by atoms with Gasteiger partial charge in [0.25, 0.3) is 11.8 Å². The molecule has 8 nitrogen and oxygen atoms in total. The Balaban J connectivity index is 1.32. The normalized spacial score (nSPS) is 17.9. The molecule has 0 spiro atoms. The largest absolute Gasteiger partial charge is 0.454 e. The minimum Gasteiger partial charge on any atom is -0.454 e. The summed E-state index contributed by atoms with van der Waals surface area (Å²) in [5.74, 6) is 2.02. The van der Waals surface area contributed by atoms with Crippen molar-refractivity contribution in [1.29, 1.82) is 0 Å². The van der Waals surface area contributed by atoms with E-state index >= 15 is 0 Å². The molecule has 2 amide bonds. The summed E-state index contributed by atoms with van der Waals surface area (Å²) >= 11 is 0. The average Bonchev–Trinajstić information content (AvgIpc) is 3.18. The van der Waals surface area contributed by atoms with Gasteiger partial charge in [0, 0.05) is 24.2 Å². The van der Waals surface area contributed by atoms with Gasteiger partial charge in [-0.15, -0.1) is 0 Å². The van der Waals surface area contributed by atoms with Crippen molar-refractivity contribution in [2.45, 2.75) is 51.1 Å². The first-order valence-corrected chi connectivity index (χ1v) is 10.6. The summed E-state index contributed by atoms with van der Waals surface area (Å²) in [5, 5.41) is 6.80. The fraction of sp³-hybridized carbons (Fsp3) is 0.500. The van der Waals surface area contributed by atoms with E-state index in [0.29, 0.717) is 35.3 Å². The van der Waals surface area contributed by atoms with E-state index in [2.05, 4.69) is 10.5 Å². The molecule has 2 aliphatic carbocycles. The topological polar surface area (TPSA) is 93.9 Å². The third-order valence-corrected chi connectivity index (χ3v) is 6.01. The fourth-order valence-corrected chi connectivity index (χ4v) is 4.09. The van der Waals surface area contributed by atoms with Gasteiger partial charge in [-0.2, -0.15) is 0 Å². The highest BCUT2D eigenvalue weighted by Crippen LogP contribution is 2.34. The molecule has 2 fully saturated rings. The number of carbonyl (C=O) groups is 2. The van der Waals surface area contributed by atoms with Crippen LogP contribution >= 0.6 is 0 Å². The Labute approximate surface area is 174 Å². The maximum absolute atomic E-state index is 13.3. The van der Waals surface area contributed by atoms with Gasteiger partial charge in [0.1, 0.15) is 0 Å². The molecule has 0 radical (unpaired) electrons. The van der Waals surface area contributed by atoms with Gasteiger partial charge in [0.2, 0.25) is 6.79 Å². The Morgan fingerprint density at radius 1 is 1.07 bits per heavy atom. The molecule has 1 aromatic carbocycles. The summed E-state index contributed by atoms with van der Waals surface area (Å²) in [6.07, 6.45) is 6.45. The van der Waals surface area contributed by atoms with Crippen LogP contribution in [0.15, 0.2) is 28.8 Å². The molecule has 5 rings (SSSR count). The molecule has 0 atom stereocenters. The van der Waals surface area contributed by atoms with Crippen molar-refractivity contribution in [1.82, 2.24) is 15.4 Å². The van der Waals surface area contributed by atoms with Gasteiger partial charge in [0.05, 0.1) is 6.54 Å². The van der Waals surface area contributed by atoms with Crippen molar-refractivity contribution < 1.29 is 23.6 Å². The highest BCUT2D eigenvalue weighted by molar-refractivity contribution is 5.95. The molecule has 0 saturated heterocycles. The minimum absolute atomic E-state index is 0.0867. The highest BCUT2D eigenvalue weighted by atomic mass is 16.7. The number of nitrogens with one attached hydrogen (secondary N) is 1. The molecular formula is C22H25N3O5. The van der Waals surface area contributed by atoms with Gasteiger partial charge in [-0.1, -0.05) is 18.0 Å². The van der Waals surface area contributed by atoms with Crippen molar-refractivity contribution in [3.05, 3.63) is 41.3 Å². The lowest BCUT2D eigenvalue weighted by molar-refractivity contribution is 0.0643. The molecule has 3 aliphatic rings. The second-order valence-electron chi connectivity index (χ2n) is 8.27. The first-order valence-electron chi connectivity index (χ1n) is 10.6. The third-order valence-electron chi connectivity index (χ3n) is 6.01. The zero-order valence-electron chi connectivity index (χ0n) is 16.8. The van der Waals surface area contributed by atoms with Crippen LogP contribution < -0.4 is 14.8 Å². The molecule has 8 heteroatoms. The summed E-state index contributed by atoms with van der Waals surface area (Å²) in [6, 6.07) is 7.02. The van der Waals surface area contributed by atoms with E-state index in [1.807, 2.05) is 4.90 Å². The molecule has 1 aromatic heterocycles. The lowest BCUT2D eigenvalue weighted by atomic mass is 10.1. The number of carbonyl (C=O) groups excluding carboxylic acids is 2. The summed E-state index contributed by atoms with van der Waals surface area (Å²) in [6.45, 7) is 1.13. The smallest absolute Gasteiger partial charge is 0.273 e. The predicted octanol–water partition coefficient (Wildman–Crippen LogP) is 3.13. The fourth-order valence-electron chi connectivity index (χ4n) is 4.09. The van der Waals surface area contributed by atoms with Crippen LogP contribution in [0.25, 0.3) is 0 Å². The van der Waals surface area contributed by atoms with Gasteiger partial charge in [-0.3, -0.25) is 9.59 Å². The van der Waals surface area contributed by atoms with Gasteiger partial charge in [0.15, 0.2) is 23.0 Å². The van der Waals surface area contributed by atoms with Crippen LogP contribution in [-0.4, -0.2) is 41.3 Å². The number of ether oxygens (including phenoxy) is 2. The second-order valence-corrected chi connectivity index (χ2v) is 8.27. The van der Waals surface area contributed by atoms with Crippen LogP contribution in [0.1, 0.15) is 65.1 Å². The standard InChI is InChI=1S/C22H25N3O5/c26-21(23-11-14-5-6-14)18-10-17(30-24-18)12-25(16-3-1-2-4-16)22(27)15-7-8-19-20(9-15)29-13-28-19/h7-10,14,16H,1-6,11-13H2,(H,23,26). The van der Waals surface area contributed by atoms with Gasteiger partial charge in [-0.25, -0.2) is 0 Å². The summed E-state index contributed by atoms with van der Waals surface area (Å²) in [7, 11) is 0. The third kappa shape index (κ3) is 3.99. The zero-order chi connectivity index (χ0) is 20.5. The number of rotatable bonds is 7. The molecule has 2 saturated carbocycles. The lowest BCUT2D eigenvalue weighted by Crippen LogP contribution is -2.38. The van der Waals surface area contributed by atoms with Gasteiger partial charge < -0.3 is 24.2 Å². The van der Waals surface area contributed by atoms with E-state index < -0.39 is 0 Å². The molecular weight excluding hydrogens is 386 g/mol. The maximum Gasteiger partial charge on any atom is 0.273 e. The van der Waals surface area contributed by atoms with Crippen LogP contribution in [0, 0.1) is 5.92 Å². The van der Waals surface area contributed by atoms with E-state index in [9.17, 15) is 9.59 Å². The molecule has 2 heterocycles. The van der Waals surface area contributed by atoms with Crippen molar-refractivity contribution >= 4 is 11.8 Å². The van der Waals surface area contributed by atoms with E-state index in [-0.39, 0.29) is 36.9 Å². The Morgan fingerprint density at radius 2 is 1.87 bits per heavy atom. The van der Waals surface area contributed by atoms with E-state index in [1.54, 1.807) is 24.3 Å². The summed E-state index contributed by atoms with van der Waals surface area (Å²) in [4.78, 5) is 27.4. The maximum atomic E-state index is 13.3. The van der Waals surface area contributed by atoms with Crippen LogP contribution in [0.4, 0.5) is 0 Å². The first-order chi connectivity index (χ1) is 14.7. The minimum atomic E-state index is -0.230. The van der Waals surface area contributed by atoms with E-state index in [1.165, 1.54) is 12.8 Å². The van der Waals surface area contributed by atoms with E-state index in [4.69, 9.17) is 14.0 Å². The van der Waals surface area contributed by atoms with Crippen LogP contribution in [0.2, 0.25) is 0 Å². The van der Waals surface area contributed by atoms with Crippen molar-refractivity contribution in [3.8, 4) is 11.5 Å². The Kier molecular flexibility index (Phi) is 5.06. The molecule has 30 heavy (non-hydrogen) atoms. The molecule has 1 N–H and O–H groups in total. The van der Waals surface area contributed by atoms with Crippen LogP contribution in [0.5, 0.6) is 11.5 Å². The molecule has 0 bridgehead atoms. The predicted molar refractivity (Wildman–Crippen MR) is 106 cm³/mol. The average molecular weight is 411 g/mol.